The van der Waals surface area contributed by atoms with Gasteiger partial charge in [0.1, 0.15) is 6.10 Å². The minimum atomic E-state index is -0.330. The maximum absolute atomic E-state index is 11.6. The number of carbonyl (C=O) groups is 1. The molecule has 1 aromatic heterocycles. The molecule has 0 saturated carbocycles. The van der Waals surface area contributed by atoms with Crippen LogP contribution in [0.1, 0.15) is 12.8 Å². The van der Waals surface area contributed by atoms with Gasteiger partial charge >= 0.3 is 0 Å². The molecule has 2 rings (SSSR count). The molecule has 1 aromatic rings. The highest BCUT2D eigenvalue weighted by Crippen LogP contribution is 2.16. The predicted molar refractivity (Wildman–Crippen MR) is 56.9 cm³/mol. The topological polar surface area (TPSA) is 51.2 Å². The molecule has 0 aliphatic carbocycles. The van der Waals surface area contributed by atoms with E-state index in [1.165, 1.54) is 6.20 Å². The van der Waals surface area contributed by atoms with Crippen LogP contribution in [0, 0.1) is 0 Å². The largest absolute Gasteiger partial charge is 0.368 e. The minimum Gasteiger partial charge on any atom is -0.368 e. The highest BCUT2D eigenvalue weighted by atomic mass is 35.5. The van der Waals surface area contributed by atoms with Crippen molar-refractivity contribution in [3.63, 3.8) is 0 Å². The Morgan fingerprint density at radius 1 is 1.60 bits per heavy atom. The summed E-state index contributed by atoms with van der Waals surface area (Å²) in [5.74, 6) is -0.128. The highest BCUT2D eigenvalue weighted by Gasteiger charge is 2.23. The first-order valence-electron chi connectivity index (χ1n) is 4.79. The lowest BCUT2D eigenvalue weighted by Crippen LogP contribution is -2.26. The first-order chi connectivity index (χ1) is 7.25. The minimum absolute atomic E-state index is 0.128. The number of halogens is 1. The molecule has 1 atom stereocenters. The zero-order valence-corrected chi connectivity index (χ0v) is 8.83. The molecule has 80 valence electrons. The molecule has 5 heteroatoms. The smallest absolute Gasteiger partial charge is 0.253 e. The van der Waals surface area contributed by atoms with E-state index < -0.39 is 0 Å². The average molecular weight is 227 g/mol. The second kappa shape index (κ2) is 4.59. The van der Waals surface area contributed by atoms with E-state index in [0.29, 0.717) is 17.3 Å². The molecule has 1 unspecified atom stereocenters. The fraction of sp³-hybridized carbons (Fsp3) is 0.400. The van der Waals surface area contributed by atoms with Crippen molar-refractivity contribution in [3.05, 3.63) is 23.5 Å². The van der Waals surface area contributed by atoms with E-state index in [4.69, 9.17) is 16.3 Å². The van der Waals surface area contributed by atoms with Crippen LogP contribution in [-0.2, 0) is 9.53 Å². The standard InChI is InChI=1S/C10H11ClN2O2/c11-7-4-8(6-12-5-7)13-10(14)9-2-1-3-15-9/h4-6,9H,1-3H2,(H,13,14). The fourth-order valence-electron chi connectivity index (χ4n) is 1.49. The van der Waals surface area contributed by atoms with Crippen LogP contribution in [0.25, 0.3) is 0 Å². The summed E-state index contributed by atoms with van der Waals surface area (Å²) >= 11 is 5.74. The van der Waals surface area contributed by atoms with Crippen molar-refractivity contribution in [1.82, 2.24) is 4.98 Å². The summed E-state index contributed by atoms with van der Waals surface area (Å²) in [7, 11) is 0. The van der Waals surface area contributed by atoms with Crippen LogP contribution in [0.3, 0.4) is 0 Å². The van der Waals surface area contributed by atoms with Gasteiger partial charge in [0.05, 0.1) is 16.9 Å². The molecule has 2 heterocycles. The number of rotatable bonds is 2. The summed E-state index contributed by atoms with van der Waals surface area (Å²) in [6.07, 6.45) is 4.46. The van der Waals surface area contributed by atoms with Crippen LogP contribution in [-0.4, -0.2) is 23.6 Å². The van der Waals surface area contributed by atoms with E-state index in [1.54, 1.807) is 12.3 Å². The molecular formula is C10H11ClN2O2. The van der Waals surface area contributed by atoms with E-state index in [2.05, 4.69) is 10.3 Å². The number of aromatic nitrogens is 1. The summed E-state index contributed by atoms with van der Waals surface area (Å²) in [6.45, 7) is 0.659. The lowest BCUT2D eigenvalue weighted by molar-refractivity contribution is -0.124. The molecule has 1 amide bonds. The van der Waals surface area contributed by atoms with Gasteiger partial charge in [-0.05, 0) is 18.9 Å². The van der Waals surface area contributed by atoms with Crippen LogP contribution in [0.2, 0.25) is 5.02 Å². The number of carbonyl (C=O) groups excluding carboxylic acids is 1. The number of anilines is 1. The number of nitrogens with zero attached hydrogens (tertiary/aromatic N) is 1. The van der Waals surface area contributed by atoms with Crippen molar-refractivity contribution >= 4 is 23.2 Å². The Bertz CT molecular complexity index is 364. The first kappa shape index (κ1) is 10.4. The van der Waals surface area contributed by atoms with Gasteiger partial charge in [0.2, 0.25) is 0 Å². The molecule has 1 aliphatic heterocycles. The molecule has 1 saturated heterocycles. The quantitative estimate of drug-likeness (QED) is 0.838. The van der Waals surface area contributed by atoms with Crippen LogP contribution < -0.4 is 5.32 Å². The van der Waals surface area contributed by atoms with Gasteiger partial charge in [-0.2, -0.15) is 0 Å². The summed E-state index contributed by atoms with van der Waals surface area (Å²) < 4.78 is 5.25. The maximum atomic E-state index is 11.6. The number of hydrogen-bond donors (Lipinski definition) is 1. The lowest BCUT2D eigenvalue weighted by atomic mass is 10.2. The van der Waals surface area contributed by atoms with Gasteiger partial charge in [-0.15, -0.1) is 0 Å². The Kier molecular flexibility index (Phi) is 3.18. The van der Waals surface area contributed by atoms with Gasteiger partial charge in [0, 0.05) is 12.8 Å². The second-order valence-electron chi connectivity index (χ2n) is 3.38. The zero-order chi connectivity index (χ0) is 10.7. The van der Waals surface area contributed by atoms with Gasteiger partial charge < -0.3 is 10.1 Å². The van der Waals surface area contributed by atoms with E-state index in [1.807, 2.05) is 0 Å². The van der Waals surface area contributed by atoms with Crippen LogP contribution >= 0.6 is 11.6 Å². The average Bonchev–Trinajstić information content (AvgIpc) is 2.70. The van der Waals surface area contributed by atoms with Crippen molar-refractivity contribution in [1.29, 1.82) is 0 Å². The third kappa shape index (κ3) is 2.67. The van der Waals surface area contributed by atoms with Gasteiger partial charge in [0.15, 0.2) is 0 Å². The number of pyridine rings is 1. The first-order valence-corrected chi connectivity index (χ1v) is 5.16. The number of ether oxygens (including phenoxy) is 1. The summed E-state index contributed by atoms with van der Waals surface area (Å²) in [4.78, 5) is 15.5. The summed E-state index contributed by atoms with van der Waals surface area (Å²) in [5, 5.41) is 3.21. The van der Waals surface area contributed by atoms with E-state index in [-0.39, 0.29) is 12.0 Å². The Morgan fingerprint density at radius 2 is 2.47 bits per heavy atom. The van der Waals surface area contributed by atoms with Gasteiger partial charge in [-0.25, -0.2) is 0 Å². The van der Waals surface area contributed by atoms with E-state index >= 15 is 0 Å². The molecule has 0 aromatic carbocycles. The number of hydrogen-bond acceptors (Lipinski definition) is 3. The third-order valence-electron chi connectivity index (χ3n) is 2.19. The number of nitrogens with one attached hydrogen (secondary N) is 1. The second-order valence-corrected chi connectivity index (χ2v) is 3.82. The summed E-state index contributed by atoms with van der Waals surface area (Å²) in [6, 6.07) is 1.65. The highest BCUT2D eigenvalue weighted by molar-refractivity contribution is 6.30. The Balaban J connectivity index is 1.99. The SMILES string of the molecule is O=C(Nc1cncc(Cl)c1)C1CCCO1. The Hall–Kier alpha value is -1.13. The van der Waals surface area contributed by atoms with Crippen molar-refractivity contribution in [3.8, 4) is 0 Å². The van der Waals surface area contributed by atoms with Gasteiger partial charge in [-0.1, -0.05) is 11.6 Å². The third-order valence-corrected chi connectivity index (χ3v) is 2.40. The molecule has 0 radical (unpaired) electrons. The molecule has 15 heavy (non-hydrogen) atoms. The molecule has 1 aliphatic rings. The van der Waals surface area contributed by atoms with Crippen molar-refractivity contribution < 1.29 is 9.53 Å². The van der Waals surface area contributed by atoms with Crippen molar-refractivity contribution in [2.75, 3.05) is 11.9 Å². The Morgan fingerprint density at radius 3 is 3.13 bits per heavy atom. The molecule has 1 fully saturated rings. The zero-order valence-electron chi connectivity index (χ0n) is 8.07. The molecule has 0 spiro atoms. The maximum Gasteiger partial charge on any atom is 0.253 e. The van der Waals surface area contributed by atoms with Crippen LogP contribution in [0.4, 0.5) is 5.69 Å². The van der Waals surface area contributed by atoms with Crippen molar-refractivity contribution in [2.24, 2.45) is 0 Å². The molecule has 0 bridgehead atoms. The summed E-state index contributed by atoms with van der Waals surface area (Å²) in [5.41, 5.74) is 0.600. The van der Waals surface area contributed by atoms with E-state index in [9.17, 15) is 4.79 Å². The predicted octanol–water partition coefficient (Wildman–Crippen LogP) is 1.85. The van der Waals surface area contributed by atoms with E-state index in [0.717, 1.165) is 12.8 Å². The molecular weight excluding hydrogens is 216 g/mol. The molecule has 1 N–H and O–H groups in total. The van der Waals surface area contributed by atoms with Gasteiger partial charge in [-0.3, -0.25) is 9.78 Å². The van der Waals surface area contributed by atoms with Crippen LogP contribution in [0.15, 0.2) is 18.5 Å². The molecule has 4 nitrogen and oxygen atoms in total. The number of amides is 1. The van der Waals surface area contributed by atoms with Crippen molar-refractivity contribution in [2.45, 2.75) is 18.9 Å². The van der Waals surface area contributed by atoms with Gasteiger partial charge in [0.25, 0.3) is 5.91 Å². The monoisotopic (exact) mass is 226 g/mol. The van der Waals surface area contributed by atoms with Crippen LogP contribution in [0.5, 0.6) is 0 Å². The normalized spacial score (nSPS) is 20.2. The fourth-order valence-corrected chi connectivity index (χ4v) is 1.66. The Labute approximate surface area is 92.6 Å². The lowest BCUT2D eigenvalue weighted by Gasteiger charge is -2.09.